The monoisotopic (exact) mass is 322 g/mol. The maximum absolute atomic E-state index is 12.7. The molecule has 0 aromatic carbocycles. The number of rotatable bonds is 4. The van der Waals surface area contributed by atoms with Crippen molar-refractivity contribution in [2.75, 3.05) is 0 Å². The fourth-order valence-electron chi connectivity index (χ4n) is 3.30. The van der Waals surface area contributed by atoms with Crippen LogP contribution >= 0.6 is 0 Å². The highest BCUT2D eigenvalue weighted by molar-refractivity contribution is 5.97. The van der Waals surface area contributed by atoms with Crippen LogP contribution in [-0.2, 0) is 6.54 Å². The van der Waals surface area contributed by atoms with Crippen LogP contribution in [0.5, 0.6) is 0 Å². The summed E-state index contributed by atoms with van der Waals surface area (Å²) >= 11 is 0. The predicted octanol–water partition coefficient (Wildman–Crippen LogP) is 2.43. The first-order chi connectivity index (χ1) is 11.6. The van der Waals surface area contributed by atoms with E-state index in [-0.39, 0.29) is 17.9 Å². The average molecular weight is 322 g/mol. The summed E-state index contributed by atoms with van der Waals surface area (Å²) in [6.45, 7) is 3.99. The Hall–Kier alpha value is -2.76. The molecule has 1 aliphatic rings. The number of aryl methyl sites for hydroxylation is 1. The van der Waals surface area contributed by atoms with Crippen molar-refractivity contribution in [3.8, 4) is 0 Å². The number of pyridine rings is 1. The van der Waals surface area contributed by atoms with Gasteiger partial charge in [-0.25, -0.2) is 9.97 Å². The lowest BCUT2D eigenvalue weighted by molar-refractivity contribution is 0.0970. The number of nitrogens with zero attached hydrogens (tertiary/aromatic N) is 4. The first-order valence-corrected chi connectivity index (χ1v) is 8.08. The van der Waals surface area contributed by atoms with E-state index in [4.69, 9.17) is 0 Å². The van der Waals surface area contributed by atoms with Crippen LogP contribution in [0.1, 0.15) is 40.6 Å². The Labute approximate surface area is 138 Å². The largest absolute Gasteiger partial charge is 0.345 e. The van der Waals surface area contributed by atoms with Crippen molar-refractivity contribution < 1.29 is 4.79 Å². The molecule has 122 valence electrons. The van der Waals surface area contributed by atoms with Crippen LogP contribution in [0.2, 0.25) is 0 Å². The number of carbonyl (C=O) groups excluding carboxylic acids is 1. The summed E-state index contributed by atoms with van der Waals surface area (Å²) in [7, 11) is 0. The van der Waals surface area contributed by atoms with Gasteiger partial charge in [0, 0.05) is 29.2 Å². The topological polar surface area (TPSA) is 69.8 Å². The molecule has 0 bridgehead atoms. The highest BCUT2D eigenvalue weighted by Crippen LogP contribution is 2.38. The summed E-state index contributed by atoms with van der Waals surface area (Å²) in [6, 6.07) is 5.83. The lowest BCUT2D eigenvalue weighted by atomic mass is 10.1. The second kappa shape index (κ2) is 5.40. The lowest BCUT2D eigenvalue weighted by Gasteiger charge is -2.08. The molecular weight excluding hydrogens is 304 g/mol. The number of hydrogen-bond donors (Lipinski definition) is 0. The van der Waals surface area contributed by atoms with E-state index in [2.05, 4.69) is 14.5 Å². The molecule has 0 radical (unpaired) electrons. The number of aromatic nitrogens is 4. The Bertz CT molecular complexity index is 1010. The molecule has 0 atom stereocenters. The minimum absolute atomic E-state index is 0.00831. The van der Waals surface area contributed by atoms with Crippen molar-refractivity contribution >= 4 is 16.8 Å². The molecule has 3 aromatic heterocycles. The molecule has 4 rings (SSSR count). The first kappa shape index (κ1) is 14.8. The van der Waals surface area contributed by atoms with E-state index in [9.17, 15) is 9.59 Å². The van der Waals surface area contributed by atoms with Crippen molar-refractivity contribution in [3.05, 3.63) is 58.0 Å². The van der Waals surface area contributed by atoms with Gasteiger partial charge >= 0.3 is 0 Å². The van der Waals surface area contributed by atoms with Crippen LogP contribution in [0.4, 0.5) is 0 Å². The Morgan fingerprint density at radius 3 is 2.83 bits per heavy atom. The predicted molar refractivity (Wildman–Crippen MR) is 90.3 cm³/mol. The van der Waals surface area contributed by atoms with Crippen LogP contribution in [0.25, 0.3) is 11.0 Å². The Balaban J connectivity index is 1.69. The molecule has 6 nitrogen and oxygen atoms in total. The van der Waals surface area contributed by atoms with Gasteiger partial charge in [-0.3, -0.25) is 14.2 Å². The molecule has 1 saturated carbocycles. The molecule has 3 heterocycles. The third-order valence-corrected chi connectivity index (χ3v) is 4.61. The zero-order valence-electron chi connectivity index (χ0n) is 13.7. The van der Waals surface area contributed by atoms with E-state index in [1.165, 1.54) is 23.7 Å². The van der Waals surface area contributed by atoms with E-state index in [1.54, 1.807) is 18.3 Å². The fourth-order valence-corrected chi connectivity index (χ4v) is 3.30. The molecule has 6 heteroatoms. The van der Waals surface area contributed by atoms with E-state index in [1.807, 2.05) is 19.9 Å². The van der Waals surface area contributed by atoms with E-state index in [0.717, 1.165) is 11.4 Å². The number of fused-ring (bicyclic) bond motifs is 1. The van der Waals surface area contributed by atoms with Gasteiger partial charge in [-0.15, -0.1) is 0 Å². The van der Waals surface area contributed by atoms with Crippen molar-refractivity contribution in [3.63, 3.8) is 0 Å². The Kier molecular flexibility index (Phi) is 3.33. The minimum Gasteiger partial charge on any atom is -0.345 e. The molecule has 0 amide bonds. The van der Waals surface area contributed by atoms with Crippen molar-refractivity contribution in [2.24, 2.45) is 0 Å². The molecule has 0 spiro atoms. The summed E-state index contributed by atoms with van der Waals surface area (Å²) in [4.78, 5) is 33.4. The fraction of sp³-hybridized carbons (Fsp3) is 0.333. The van der Waals surface area contributed by atoms with Gasteiger partial charge in [-0.1, -0.05) is 0 Å². The molecule has 24 heavy (non-hydrogen) atoms. The number of Topliss-reactive ketones (excluding diaryl/α,β-unsaturated/α-hetero) is 1. The highest BCUT2D eigenvalue weighted by atomic mass is 16.1. The van der Waals surface area contributed by atoms with Gasteiger partial charge < -0.3 is 4.57 Å². The maximum atomic E-state index is 12.7. The van der Waals surface area contributed by atoms with Crippen molar-refractivity contribution in [1.82, 2.24) is 19.1 Å². The van der Waals surface area contributed by atoms with E-state index < -0.39 is 0 Å². The van der Waals surface area contributed by atoms with Crippen LogP contribution in [0, 0.1) is 13.8 Å². The molecule has 1 fully saturated rings. The van der Waals surface area contributed by atoms with Crippen LogP contribution in [-0.4, -0.2) is 24.9 Å². The number of carbonyl (C=O) groups is 1. The Morgan fingerprint density at radius 2 is 2.08 bits per heavy atom. The third-order valence-electron chi connectivity index (χ3n) is 4.61. The van der Waals surface area contributed by atoms with Gasteiger partial charge in [0.15, 0.2) is 11.4 Å². The molecular formula is C18H18N4O2. The molecule has 0 N–H and O–H groups in total. The summed E-state index contributed by atoms with van der Waals surface area (Å²) in [5, 5.41) is 0.427. The van der Waals surface area contributed by atoms with Gasteiger partial charge in [0.2, 0.25) is 0 Å². The summed E-state index contributed by atoms with van der Waals surface area (Å²) in [5.41, 5.74) is 2.95. The molecule has 0 unspecified atom stereocenters. The summed E-state index contributed by atoms with van der Waals surface area (Å²) in [6.07, 6.45) is 5.34. The van der Waals surface area contributed by atoms with Crippen LogP contribution in [0.3, 0.4) is 0 Å². The second-order valence-corrected chi connectivity index (χ2v) is 6.36. The summed E-state index contributed by atoms with van der Waals surface area (Å²) in [5.74, 6) is -0.0675. The molecule has 3 aromatic rings. The van der Waals surface area contributed by atoms with Crippen molar-refractivity contribution in [1.29, 1.82) is 0 Å². The molecule has 0 saturated heterocycles. The van der Waals surface area contributed by atoms with Gasteiger partial charge in [-0.05, 0) is 44.9 Å². The zero-order valence-corrected chi connectivity index (χ0v) is 13.7. The minimum atomic E-state index is -0.238. The normalized spacial score (nSPS) is 14.2. The number of ketones is 1. The average Bonchev–Trinajstić information content (AvgIpc) is 3.35. The molecule has 1 aliphatic carbocycles. The van der Waals surface area contributed by atoms with Crippen LogP contribution in [0.15, 0.2) is 35.5 Å². The quantitative estimate of drug-likeness (QED) is 0.692. The smallest absolute Gasteiger partial charge is 0.263 e. The lowest BCUT2D eigenvalue weighted by Crippen LogP contribution is -2.25. The Morgan fingerprint density at radius 1 is 1.29 bits per heavy atom. The standard InChI is InChI=1S/C18H18N4O2/c1-11-8-15(12(2)22(11)13-5-6-13)16(23)9-21-10-20-17-14(18(21)24)4-3-7-19-17/h3-4,7-8,10,13H,5-6,9H2,1-2H3. The zero-order chi connectivity index (χ0) is 16.8. The van der Waals surface area contributed by atoms with Crippen molar-refractivity contribution in [2.45, 2.75) is 39.3 Å². The molecule has 0 aliphatic heterocycles. The highest BCUT2D eigenvalue weighted by Gasteiger charge is 2.28. The van der Waals surface area contributed by atoms with Gasteiger partial charge in [0.1, 0.15) is 6.33 Å². The third kappa shape index (κ3) is 2.35. The van der Waals surface area contributed by atoms with E-state index in [0.29, 0.717) is 22.6 Å². The van der Waals surface area contributed by atoms with Gasteiger partial charge in [-0.2, -0.15) is 0 Å². The summed E-state index contributed by atoms with van der Waals surface area (Å²) < 4.78 is 3.59. The van der Waals surface area contributed by atoms with Gasteiger partial charge in [0.05, 0.1) is 11.9 Å². The SMILES string of the molecule is Cc1cc(C(=O)Cn2cnc3ncccc3c2=O)c(C)n1C1CC1. The maximum Gasteiger partial charge on any atom is 0.263 e. The number of hydrogen-bond acceptors (Lipinski definition) is 4. The van der Waals surface area contributed by atoms with Gasteiger partial charge in [0.25, 0.3) is 5.56 Å². The van der Waals surface area contributed by atoms with E-state index >= 15 is 0 Å². The van der Waals surface area contributed by atoms with Crippen LogP contribution < -0.4 is 5.56 Å². The first-order valence-electron chi connectivity index (χ1n) is 8.08. The second-order valence-electron chi connectivity index (χ2n) is 6.36.